The van der Waals surface area contributed by atoms with E-state index in [0.29, 0.717) is 5.02 Å². The van der Waals surface area contributed by atoms with Crippen LogP contribution in [0.5, 0.6) is 0 Å². The van der Waals surface area contributed by atoms with E-state index in [1.165, 1.54) is 11.8 Å². The first-order chi connectivity index (χ1) is 10.1. The predicted molar refractivity (Wildman–Crippen MR) is 84.2 cm³/mol. The van der Waals surface area contributed by atoms with Crippen LogP contribution in [0, 0.1) is 0 Å². The Morgan fingerprint density at radius 2 is 1.67 bits per heavy atom. The molecule has 108 valence electrons. The van der Waals surface area contributed by atoms with Crippen LogP contribution in [0.1, 0.15) is 10.8 Å². The van der Waals surface area contributed by atoms with Crippen molar-refractivity contribution in [3.8, 4) is 0 Å². The molecule has 0 bridgehead atoms. The Balaban J connectivity index is 2.27. The Bertz CT molecular complexity index is 632. The molecule has 0 radical (unpaired) electrons. The van der Waals surface area contributed by atoms with Crippen molar-refractivity contribution in [3.05, 3.63) is 65.2 Å². The number of imide groups is 1. The van der Waals surface area contributed by atoms with Crippen LogP contribution < -0.4 is 11.1 Å². The lowest BCUT2D eigenvalue weighted by Crippen LogP contribution is -2.37. The topological polar surface area (TPSA) is 72.2 Å². The zero-order valence-electron chi connectivity index (χ0n) is 11.0. The summed E-state index contributed by atoms with van der Waals surface area (Å²) in [4.78, 5) is 24.0. The third kappa shape index (κ3) is 4.51. The molecule has 0 saturated carbocycles. The second-order valence-electron chi connectivity index (χ2n) is 4.22. The van der Waals surface area contributed by atoms with Gasteiger partial charge < -0.3 is 5.73 Å². The maximum Gasteiger partial charge on any atom is 0.318 e. The van der Waals surface area contributed by atoms with Gasteiger partial charge in [-0.2, -0.15) is 0 Å². The van der Waals surface area contributed by atoms with Crippen LogP contribution in [0.4, 0.5) is 4.79 Å². The molecule has 3 N–H and O–H groups in total. The molecule has 0 saturated heterocycles. The lowest BCUT2D eigenvalue weighted by Gasteiger charge is -2.16. The average molecular weight is 321 g/mol. The van der Waals surface area contributed by atoms with Gasteiger partial charge >= 0.3 is 6.03 Å². The minimum absolute atomic E-state index is 0.460. The minimum Gasteiger partial charge on any atom is -0.351 e. The summed E-state index contributed by atoms with van der Waals surface area (Å²) in [7, 11) is 0. The molecule has 1 unspecified atom stereocenters. The van der Waals surface area contributed by atoms with Crippen LogP contribution in [0.15, 0.2) is 59.5 Å². The van der Waals surface area contributed by atoms with Crippen molar-refractivity contribution in [2.24, 2.45) is 5.73 Å². The molecule has 0 aliphatic heterocycles. The standard InChI is InChI=1S/C15H13ClN2O2S/c16-11-8-6-10(7-9-11)13(14(19)18-15(17)20)21-12-4-2-1-3-5-12/h1-9,13H,(H3,17,18,19,20). The van der Waals surface area contributed by atoms with E-state index in [1.807, 2.05) is 30.3 Å². The highest BCUT2D eigenvalue weighted by Gasteiger charge is 2.23. The highest BCUT2D eigenvalue weighted by molar-refractivity contribution is 8.00. The number of carbonyl (C=O) groups excluding carboxylic acids is 2. The maximum atomic E-state index is 12.2. The number of hydrogen-bond donors (Lipinski definition) is 2. The van der Waals surface area contributed by atoms with Crippen molar-refractivity contribution in [3.63, 3.8) is 0 Å². The van der Waals surface area contributed by atoms with E-state index in [4.69, 9.17) is 17.3 Å². The molecule has 0 heterocycles. The van der Waals surface area contributed by atoms with Gasteiger partial charge in [0.25, 0.3) is 0 Å². The van der Waals surface area contributed by atoms with Crippen LogP contribution in [0.3, 0.4) is 0 Å². The van der Waals surface area contributed by atoms with Gasteiger partial charge in [0.05, 0.1) is 0 Å². The third-order valence-corrected chi connectivity index (χ3v) is 4.17. The number of carbonyl (C=O) groups is 2. The molecular formula is C15H13ClN2O2S. The first kappa shape index (κ1) is 15.4. The molecule has 0 aliphatic rings. The van der Waals surface area contributed by atoms with Crippen molar-refractivity contribution in [2.45, 2.75) is 10.1 Å². The number of thioether (sulfide) groups is 1. The number of nitrogens with two attached hydrogens (primary N) is 1. The van der Waals surface area contributed by atoms with Crippen molar-refractivity contribution in [1.29, 1.82) is 0 Å². The SMILES string of the molecule is NC(=O)NC(=O)C(Sc1ccccc1)c1ccc(Cl)cc1. The zero-order chi connectivity index (χ0) is 15.2. The van der Waals surface area contributed by atoms with E-state index in [-0.39, 0.29) is 0 Å². The number of benzene rings is 2. The molecule has 2 aromatic carbocycles. The van der Waals surface area contributed by atoms with Gasteiger partial charge in [0, 0.05) is 9.92 Å². The minimum atomic E-state index is -0.868. The predicted octanol–water partition coefficient (Wildman–Crippen LogP) is 3.37. The molecule has 0 aliphatic carbocycles. The Hall–Kier alpha value is -1.98. The summed E-state index contributed by atoms with van der Waals surface area (Å²) >= 11 is 7.19. The van der Waals surface area contributed by atoms with Crippen molar-refractivity contribution < 1.29 is 9.59 Å². The number of amides is 3. The molecule has 0 fully saturated rings. The van der Waals surface area contributed by atoms with E-state index in [1.54, 1.807) is 24.3 Å². The summed E-state index contributed by atoms with van der Waals surface area (Å²) in [5.41, 5.74) is 5.77. The van der Waals surface area contributed by atoms with Crippen LogP contribution in [0.25, 0.3) is 0 Å². The number of primary amides is 1. The number of rotatable bonds is 4. The summed E-state index contributed by atoms with van der Waals surface area (Å²) in [5.74, 6) is -0.460. The lowest BCUT2D eigenvalue weighted by atomic mass is 10.1. The van der Waals surface area contributed by atoms with Crippen LogP contribution in [-0.2, 0) is 4.79 Å². The van der Waals surface area contributed by atoms with E-state index >= 15 is 0 Å². The Kier molecular flexibility index (Phi) is 5.25. The first-order valence-electron chi connectivity index (χ1n) is 6.14. The van der Waals surface area contributed by atoms with Crippen LogP contribution in [0.2, 0.25) is 5.02 Å². The van der Waals surface area contributed by atoms with Gasteiger partial charge in [-0.15, -0.1) is 11.8 Å². The first-order valence-corrected chi connectivity index (χ1v) is 7.39. The lowest BCUT2D eigenvalue weighted by molar-refractivity contribution is -0.119. The number of urea groups is 1. The van der Waals surface area contributed by atoms with Gasteiger partial charge in [-0.25, -0.2) is 4.79 Å². The van der Waals surface area contributed by atoms with Gasteiger partial charge in [-0.05, 0) is 29.8 Å². The van der Waals surface area contributed by atoms with E-state index < -0.39 is 17.2 Å². The van der Waals surface area contributed by atoms with E-state index in [2.05, 4.69) is 5.32 Å². The maximum absolute atomic E-state index is 12.2. The third-order valence-electron chi connectivity index (χ3n) is 2.65. The highest BCUT2D eigenvalue weighted by Crippen LogP contribution is 2.35. The normalized spacial score (nSPS) is 11.7. The van der Waals surface area contributed by atoms with Gasteiger partial charge in [0.15, 0.2) is 0 Å². The largest absolute Gasteiger partial charge is 0.351 e. The Labute approximate surface area is 131 Å². The molecule has 1 atom stereocenters. The summed E-state index contributed by atoms with van der Waals surface area (Å²) in [6.45, 7) is 0. The molecule has 0 spiro atoms. The summed E-state index contributed by atoms with van der Waals surface area (Å²) < 4.78 is 0. The molecular weight excluding hydrogens is 308 g/mol. The Morgan fingerprint density at radius 3 is 2.24 bits per heavy atom. The van der Waals surface area contributed by atoms with Crippen molar-refractivity contribution >= 4 is 35.3 Å². The summed E-state index contributed by atoms with van der Waals surface area (Å²) in [6, 6.07) is 15.5. The number of halogens is 1. The zero-order valence-corrected chi connectivity index (χ0v) is 12.5. The molecule has 6 heteroatoms. The molecule has 0 aromatic heterocycles. The molecule has 2 aromatic rings. The van der Waals surface area contributed by atoms with Gasteiger partial charge in [-0.3, -0.25) is 10.1 Å². The van der Waals surface area contributed by atoms with Crippen LogP contribution >= 0.6 is 23.4 Å². The Morgan fingerprint density at radius 1 is 1.05 bits per heavy atom. The second kappa shape index (κ2) is 7.15. The van der Waals surface area contributed by atoms with Gasteiger partial charge in [0.1, 0.15) is 5.25 Å². The van der Waals surface area contributed by atoms with Crippen LogP contribution in [-0.4, -0.2) is 11.9 Å². The summed E-state index contributed by atoms with van der Waals surface area (Å²) in [5, 5.41) is 2.12. The summed E-state index contributed by atoms with van der Waals surface area (Å²) in [6.07, 6.45) is 0. The quantitative estimate of drug-likeness (QED) is 0.848. The fourth-order valence-electron chi connectivity index (χ4n) is 1.73. The van der Waals surface area contributed by atoms with E-state index in [9.17, 15) is 9.59 Å². The number of hydrogen-bond acceptors (Lipinski definition) is 3. The highest BCUT2D eigenvalue weighted by atomic mass is 35.5. The van der Waals surface area contributed by atoms with Gasteiger partial charge in [-0.1, -0.05) is 41.9 Å². The fourth-order valence-corrected chi connectivity index (χ4v) is 2.90. The van der Waals surface area contributed by atoms with Gasteiger partial charge in [0.2, 0.25) is 5.91 Å². The fraction of sp³-hybridized carbons (Fsp3) is 0.0667. The molecule has 3 amide bonds. The molecule has 21 heavy (non-hydrogen) atoms. The van der Waals surface area contributed by atoms with E-state index in [0.717, 1.165) is 10.5 Å². The second-order valence-corrected chi connectivity index (χ2v) is 5.83. The average Bonchev–Trinajstić information content (AvgIpc) is 2.46. The molecule has 4 nitrogen and oxygen atoms in total. The van der Waals surface area contributed by atoms with Crippen molar-refractivity contribution in [2.75, 3.05) is 0 Å². The smallest absolute Gasteiger partial charge is 0.318 e. The van der Waals surface area contributed by atoms with Crippen molar-refractivity contribution in [1.82, 2.24) is 5.32 Å². The monoisotopic (exact) mass is 320 g/mol. The number of nitrogens with one attached hydrogen (secondary N) is 1. The molecule has 2 rings (SSSR count).